The summed E-state index contributed by atoms with van der Waals surface area (Å²) < 4.78 is 16.2. The Morgan fingerprint density at radius 3 is 2.30 bits per heavy atom. The highest BCUT2D eigenvalue weighted by Gasteiger charge is 2.72. The number of hydrogen-bond acceptors (Lipinski definition) is 7. The van der Waals surface area contributed by atoms with Gasteiger partial charge in [0.05, 0.1) is 23.6 Å². The molecular weight excluding hydrogens is 354 g/mol. The third-order valence-corrected chi connectivity index (χ3v) is 5.01. The number of benzene rings is 1. The number of hydrogen-bond donors (Lipinski definition) is 0. The van der Waals surface area contributed by atoms with E-state index in [2.05, 4.69) is 0 Å². The number of fused-ring (bicyclic) bond motifs is 5. The number of carbonyl (C=O) groups is 4. The molecule has 0 unspecified atom stereocenters. The van der Waals surface area contributed by atoms with Crippen LogP contribution in [-0.4, -0.2) is 41.7 Å². The summed E-state index contributed by atoms with van der Waals surface area (Å²) in [5.41, 5.74) is -1.07. The molecule has 2 amide bonds. The molecule has 0 radical (unpaired) electrons. The van der Waals surface area contributed by atoms with E-state index in [1.54, 1.807) is 42.5 Å². The zero-order valence-electron chi connectivity index (χ0n) is 14.7. The molecule has 0 aliphatic carbocycles. The highest BCUT2D eigenvalue weighted by molar-refractivity contribution is 6.23. The number of nitrogens with zero attached hydrogens (tertiary/aromatic N) is 1. The van der Waals surface area contributed by atoms with E-state index >= 15 is 0 Å². The first kappa shape index (κ1) is 17.4. The van der Waals surface area contributed by atoms with Gasteiger partial charge in [0.25, 0.3) is 6.29 Å². The zero-order chi connectivity index (χ0) is 19.3. The lowest BCUT2D eigenvalue weighted by Crippen LogP contribution is -2.52. The number of esters is 2. The van der Waals surface area contributed by atoms with Gasteiger partial charge in [-0.25, -0.2) is 4.90 Å². The van der Waals surface area contributed by atoms with E-state index in [-0.39, 0.29) is 0 Å². The van der Waals surface area contributed by atoms with Gasteiger partial charge in [-0.3, -0.25) is 19.2 Å². The van der Waals surface area contributed by atoms with Crippen molar-refractivity contribution in [1.29, 1.82) is 0 Å². The predicted octanol–water partition coefficient (Wildman–Crippen LogP) is 0.952. The molecule has 2 bridgehead atoms. The number of anilines is 1. The van der Waals surface area contributed by atoms with Gasteiger partial charge in [0.1, 0.15) is 0 Å². The fraction of sp³-hybridized carbons (Fsp3) is 0.368. The lowest BCUT2D eigenvalue weighted by Gasteiger charge is -2.34. The average Bonchev–Trinajstić information content (AvgIpc) is 3.26. The van der Waals surface area contributed by atoms with Crippen molar-refractivity contribution in [3.63, 3.8) is 0 Å². The monoisotopic (exact) mass is 371 g/mol. The lowest BCUT2D eigenvalue weighted by atomic mass is 9.76. The normalized spacial score (nSPS) is 30.8. The summed E-state index contributed by atoms with van der Waals surface area (Å²) in [6.07, 6.45) is 1.07. The molecule has 8 heteroatoms. The summed E-state index contributed by atoms with van der Waals surface area (Å²) >= 11 is 0. The minimum atomic E-state index is -1.52. The fourth-order valence-corrected chi connectivity index (χ4v) is 4.05. The summed E-state index contributed by atoms with van der Waals surface area (Å²) in [6, 6.07) is 8.56. The van der Waals surface area contributed by atoms with Crippen LogP contribution in [0.3, 0.4) is 0 Å². The van der Waals surface area contributed by atoms with Gasteiger partial charge >= 0.3 is 11.9 Å². The SMILES string of the molecule is CC(=O)OC(OC(C)=O)[C@]12C=C[C@H](O1)[C@H]1C(=O)N(c3ccccc3)C(=O)[C@@H]12. The van der Waals surface area contributed by atoms with Crippen LogP contribution in [0.15, 0.2) is 42.5 Å². The molecule has 1 aromatic carbocycles. The van der Waals surface area contributed by atoms with Crippen LogP contribution in [0.1, 0.15) is 13.8 Å². The second kappa shape index (κ2) is 6.02. The smallest absolute Gasteiger partial charge is 0.305 e. The maximum atomic E-state index is 13.2. The molecule has 3 aliphatic rings. The van der Waals surface area contributed by atoms with Crippen molar-refractivity contribution in [2.75, 3.05) is 4.90 Å². The Kier molecular flexibility index (Phi) is 3.88. The van der Waals surface area contributed by atoms with Crippen molar-refractivity contribution >= 4 is 29.4 Å². The maximum Gasteiger partial charge on any atom is 0.305 e. The summed E-state index contributed by atoms with van der Waals surface area (Å²) in [7, 11) is 0. The highest BCUT2D eigenvalue weighted by Crippen LogP contribution is 2.54. The summed E-state index contributed by atoms with van der Waals surface area (Å²) in [5.74, 6) is -3.99. The number of imide groups is 1. The largest absolute Gasteiger partial charge is 0.422 e. The minimum absolute atomic E-state index is 0.392. The lowest BCUT2D eigenvalue weighted by molar-refractivity contribution is -0.226. The molecule has 2 saturated heterocycles. The topological polar surface area (TPSA) is 99.2 Å². The van der Waals surface area contributed by atoms with Gasteiger partial charge in [0, 0.05) is 13.8 Å². The molecule has 3 heterocycles. The van der Waals surface area contributed by atoms with Crippen LogP contribution in [0, 0.1) is 11.8 Å². The number of rotatable bonds is 4. The van der Waals surface area contributed by atoms with Crippen LogP contribution < -0.4 is 4.90 Å². The summed E-state index contributed by atoms with van der Waals surface area (Å²) in [4.78, 5) is 50.3. The molecule has 0 saturated carbocycles. The summed E-state index contributed by atoms with van der Waals surface area (Å²) in [6.45, 7) is 2.32. The maximum absolute atomic E-state index is 13.2. The van der Waals surface area contributed by atoms with E-state index in [0.717, 1.165) is 18.7 Å². The Hall–Kier alpha value is -3.00. The minimum Gasteiger partial charge on any atom is -0.422 e. The third kappa shape index (κ3) is 2.48. The molecule has 0 spiro atoms. The first-order valence-corrected chi connectivity index (χ1v) is 8.49. The second-order valence-corrected chi connectivity index (χ2v) is 6.70. The zero-order valence-corrected chi connectivity index (χ0v) is 14.7. The van der Waals surface area contributed by atoms with E-state index in [4.69, 9.17) is 14.2 Å². The molecule has 1 aromatic rings. The van der Waals surface area contributed by atoms with Crippen molar-refractivity contribution < 1.29 is 33.4 Å². The molecule has 4 atom stereocenters. The van der Waals surface area contributed by atoms with E-state index in [9.17, 15) is 19.2 Å². The van der Waals surface area contributed by atoms with E-state index in [1.807, 2.05) is 0 Å². The van der Waals surface area contributed by atoms with Gasteiger partial charge in [0.15, 0.2) is 5.60 Å². The third-order valence-electron chi connectivity index (χ3n) is 5.01. The molecule has 8 nitrogen and oxygen atoms in total. The molecule has 27 heavy (non-hydrogen) atoms. The van der Waals surface area contributed by atoms with Crippen LogP contribution in [0.25, 0.3) is 0 Å². The Labute approximate surface area is 154 Å². The van der Waals surface area contributed by atoms with Gasteiger partial charge in [0.2, 0.25) is 11.8 Å². The Morgan fingerprint density at radius 2 is 1.70 bits per heavy atom. The number of carbonyl (C=O) groups excluding carboxylic acids is 4. The number of para-hydroxylation sites is 1. The van der Waals surface area contributed by atoms with Crippen LogP contribution >= 0.6 is 0 Å². The summed E-state index contributed by atoms with van der Waals surface area (Å²) in [5, 5.41) is 0. The van der Waals surface area contributed by atoms with Gasteiger partial charge in [-0.15, -0.1) is 0 Å². The average molecular weight is 371 g/mol. The van der Waals surface area contributed by atoms with Gasteiger partial charge < -0.3 is 14.2 Å². The van der Waals surface area contributed by atoms with E-state index in [0.29, 0.717) is 5.69 Å². The Morgan fingerprint density at radius 1 is 1.07 bits per heavy atom. The highest BCUT2D eigenvalue weighted by atomic mass is 16.7. The van der Waals surface area contributed by atoms with Crippen molar-refractivity contribution in [3.05, 3.63) is 42.5 Å². The molecule has 3 aliphatic heterocycles. The van der Waals surface area contributed by atoms with Crippen LogP contribution in [0.5, 0.6) is 0 Å². The van der Waals surface area contributed by atoms with Gasteiger partial charge in [-0.05, 0) is 18.2 Å². The predicted molar refractivity (Wildman–Crippen MR) is 90.0 cm³/mol. The van der Waals surface area contributed by atoms with Gasteiger partial charge in [-0.2, -0.15) is 0 Å². The van der Waals surface area contributed by atoms with Crippen molar-refractivity contribution in [2.24, 2.45) is 11.8 Å². The van der Waals surface area contributed by atoms with E-state index in [1.165, 1.54) is 0 Å². The molecular formula is C19H17NO7. The molecule has 0 aromatic heterocycles. The molecule has 2 fully saturated rings. The second-order valence-electron chi connectivity index (χ2n) is 6.70. The number of amides is 2. The van der Waals surface area contributed by atoms with Crippen LogP contribution in [0.2, 0.25) is 0 Å². The quantitative estimate of drug-likeness (QED) is 0.336. The standard InChI is InChI=1S/C19H17NO7/c1-10(21)25-18(26-11(2)22)19-9-8-13(27-19)14-15(19)17(24)20(16(14)23)12-6-4-3-5-7-12/h3-9,13-15,18H,1-2H3/t13-,14+,15+,19+/m0/s1. The fourth-order valence-electron chi connectivity index (χ4n) is 4.05. The van der Waals surface area contributed by atoms with Crippen LogP contribution in [-0.2, 0) is 33.4 Å². The molecule has 0 N–H and O–H groups in total. The molecule has 4 rings (SSSR count). The van der Waals surface area contributed by atoms with Crippen molar-refractivity contribution in [3.8, 4) is 0 Å². The van der Waals surface area contributed by atoms with Gasteiger partial charge in [-0.1, -0.05) is 24.3 Å². The van der Waals surface area contributed by atoms with Crippen molar-refractivity contribution in [1.82, 2.24) is 0 Å². The van der Waals surface area contributed by atoms with E-state index < -0.39 is 53.6 Å². The number of ether oxygens (including phenoxy) is 3. The van der Waals surface area contributed by atoms with Crippen molar-refractivity contribution in [2.45, 2.75) is 31.8 Å². The first-order chi connectivity index (χ1) is 12.8. The van der Waals surface area contributed by atoms with Crippen LogP contribution in [0.4, 0.5) is 5.69 Å². The molecule has 140 valence electrons. The first-order valence-electron chi connectivity index (χ1n) is 8.49. The Balaban J connectivity index is 1.75. The Bertz CT molecular complexity index is 848.